The van der Waals surface area contributed by atoms with Crippen LogP contribution in [0, 0.1) is 0 Å². The first-order valence-electron chi connectivity index (χ1n) is 6.89. The zero-order chi connectivity index (χ0) is 13.7. The van der Waals surface area contributed by atoms with E-state index in [9.17, 15) is 0 Å². The Kier molecular flexibility index (Phi) is 4.68. The normalized spacial score (nSPS) is 12.6. The van der Waals surface area contributed by atoms with Crippen LogP contribution in [0.15, 0.2) is 30.6 Å². The quantitative estimate of drug-likeness (QED) is 0.864. The van der Waals surface area contributed by atoms with Gasteiger partial charge >= 0.3 is 0 Å². The van der Waals surface area contributed by atoms with Crippen LogP contribution in [-0.2, 0) is 19.9 Å². The second kappa shape index (κ2) is 6.48. The first kappa shape index (κ1) is 13.7. The molecule has 0 spiro atoms. The fourth-order valence-corrected chi connectivity index (χ4v) is 2.23. The lowest BCUT2D eigenvalue weighted by molar-refractivity contribution is 0.522. The van der Waals surface area contributed by atoms with Gasteiger partial charge in [0.1, 0.15) is 12.2 Å². The largest absolute Gasteiger partial charge is 0.310 e. The summed E-state index contributed by atoms with van der Waals surface area (Å²) in [6.07, 6.45) is 3.55. The van der Waals surface area contributed by atoms with Gasteiger partial charge in [0.05, 0.1) is 0 Å². The Morgan fingerprint density at radius 2 is 1.95 bits per heavy atom. The highest BCUT2D eigenvalue weighted by atomic mass is 15.3. The second-order valence-electron chi connectivity index (χ2n) is 4.71. The predicted octanol–water partition coefficient (Wildman–Crippen LogP) is 2.27. The highest BCUT2D eigenvalue weighted by Gasteiger charge is 2.13. The van der Waals surface area contributed by atoms with E-state index in [-0.39, 0.29) is 0 Å². The van der Waals surface area contributed by atoms with Gasteiger partial charge in [-0.2, -0.15) is 5.10 Å². The first-order chi connectivity index (χ1) is 9.24. The molecule has 0 fully saturated rings. The van der Waals surface area contributed by atoms with Crippen LogP contribution in [0.4, 0.5) is 0 Å². The zero-order valence-corrected chi connectivity index (χ0v) is 11.9. The molecule has 1 N–H and O–H groups in total. The molecule has 4 heteroatoms. The number of benzene rings is 1. The molecule has 1 atom stereocenters. The number of nitrogens with one attached hydrogen (secondary N) is 1. The van der Waals surface area contributed by atoms with Crippen molar-refractivity contribution in [2.75, 3.05) is 6.54 Å². The molecule has 0 aliphatic heterocycles. The molecule has 1 heterocycles. The number of nitrogens with zero attached hydrogens (tertiary/aromatic N) is 3. The summed E-state index contributed by atoms with van der Waals surface area (Å²) in [5.74, 6) is 1.01. The highest BCUT2D eigenvalue weighted by molar-refractivity contribution is 5.25. The van der Waals surface area contributed by atoms with Crippen molar-refractivity contribution in [3.05, 3.63) is 47.5 Å². The van der Waals surface area contributed by atoms with E-state index in [2.05, 4.69) is 53.5 Å². The Bertz CT molecular complexity index is 501. The van der Waals surface area contributed by atoms with Gasteiger partial charge in [0.2, 0.25) is 0 Å². The Labute approximate surface area is 114 Å². The minimum absolute atomic E-state index is 0.291. The van der Waals surface area contributed by atoms with Crippen LogP contribution < -0.4 is 5.32 Å². The van der Waals surface area contributed by atoms with Crippen molar-refractivity contribution in [3.8, 4) is 0 Å². The Morgan fingerprint density at radius 3 is 2.47 bits per heavy atom. The molecule has 0 radical (unpaired) electrons. The molecule has 4 nitrogen and oxygen atoms in total. The van der Waals surface area contributed by atoms with E-state index >= 15 is 0 Å². The number of hydrogen-bond acceptors (Lipinski definition) is 3. The third-order valence-corrected chi connectivity index (χ3v) is 3.43. The lowest BCUT2D eigenvalue weighted by Crippen LogP contribution is -2.24. The van der Waals surface area contributed by atoms with Crippen LogP contribution in [0.25, 0.3) is 0 Å². The van der Waals surface area contributed by atoms with Gasteiger partial charge in [0.15, 0.2) is 0 Å². The number of rotatable bonds is 6. The smallest absolute Gasteiger partial charge is 0.138 e. The number of aryl methyl sites for hydroxylation is 2. The topological polar surface area (TPSA) is 42.7 Å². The van der Waals surface area contributed by atoms with Crippen LogP contribution in [0.2, 0.25) is 0 Å². The second-order valence-corrected chi connectivity index (χ2v) is 4.71. The van der Waals surface area contributed by atoms with Gasteiger partial charge in [0.25, 0.3) is 0 Å². The molecule has 0 bridgehead atoms. The molecule has 102 valence electrons. The van der Waals surface area contributed by atoms with Crippen LogP contribution >= 0.6 is 0 Å². The summed E-state index contributed by atoms with van der Waals surface area (Å²) >= 11 is 0. The van der Waals surface area contributed by atoms with Crippen molar-refractivity contribution in [1.29, 1.82) is 0 Å². The molecule has 1 unspecified atom stereocenters. The van der Waals surface area contributed by atoms with Crippen LogP contribution in [-0.4, -0.2) is 21.3 Å². The van der Waals surface area contributed by atoms with E-state index in [1.54, 1.807) is 6.33 Å². The number of aromatic nitrogens is 3. The lowest BCUT2D eigenvalue weighted by atomic mass is 10.0. The molecule has 0 saturated heterocycles. The molecular weight excluding hydrogens is 236 g/mol. The molecule has 0 saturated carbocycles. The van der Waals surface area contributed by atoms with E-state index in [1.807, 2.05) is 11.7 Å². The summed E-state index contributed by atoms with van der Waals surface area (Å²) in [7, 11) is 1.94. The summed E-state index contributed by atoms with van der Waals surface area (Å²) in [6, 6.07) is 9.12. The molecule has 1 aromatic heterocycles. The minimum Gasteiger partial charge on any atom is -0.310 e. The standard InChI is InChI=1S/C15H22N4/c1-4-12-6-8-13(9-7-12)14(16-5-2)10-15-17-11-18-19(15)3/h6-9,11,14,16H,4-5,10H2,1-3H3. The molecule has 0 aliphatic rings. The summed E-state index contributed by atoms with van der Waals surface area (Å²) in [6.45, 7) is 5.25. The third kappa shape index (κ3) is 3.41. The van der Waals surface area contributed by atoms with Crippen molar-refractivity contribution in [1.82, 2.24) is 20.1 Å². The molecule has 2 rings (SSSR count). The van der Waals surface area contributed by atoms with E-state index in [0.717, 1.165) is 25.2 Å². The Morgan fingerprint density at radius 1 is 1.21 bits per heavy atom. The average molecular weight is 258 g/mol. The molecule has 0 amide bonds. The zero-order valence-electron chi connectivity index (χ0n) is 11.9. The van der Waals surface area contributed by atoms with Crippen LogP contribution in [0.5, 0.6) is 0 Å². The van der Waals surface area contributed by atoms with Gasteiger partial charge in [-0.25, -0.2) is 4.98 Å². The maximum atomic E-state index is 4.31. The predicted molar refractivity (Wildman–Crippen MR) is 76.9 cm³/mol. The average Bonchev–Trinajstić information content (AvgIpc) is 2.84. The molecule has 19 heavy (non-hydrogen) atoms. The van der Waals surface area contributed by atoms with Gasteiger partial charge < -0.3 is 5.32 Å². The minimum atomic E-state index is 0.291. The van der Waals surface area contributed by atoms with Crippen molar-refractivity contribution < 1.29 is 0 Å². The van der Waals surface area contributed by atoms with Gasteiger partial charge in [-0.15, -0.1) is 0 Å². The Balaban J connectivity index is 2.16. The van der Waals surface area contributed by atoms with Crippen LogP contribution in [0.3, 0.4) is 0 Å². The SMILES string of the molecule is CCNC(Cc1ncnn1C)c1ccc(CC)cc1. The van der Waals surface area contributed by atoms with Crippen molar-refractivity contribution in [2.24, 2.45) is 7.05 Å². The summed E-state index contributed by atoms with van der Waals surface area (Å²) < 4.78 is 1.84. The summed E-state index contributed by atoms with van der Waals surface area (Å²) in [5, 5.41) is 7.65. The monoisotopic (exact) mass is 258 g/mol. The van der Waals surface area contributed by atoms with E-state index < -0.39 is 0 Å². The summed E-state index contributed by atoms with van der Waals surface area (Å²) in [4.78, 5) is 4.31. The highest BCUT2D eigenvalue weighted by Crippen LogP contribution is 2.18. The van der Waals surface area contributed by atoms with Crippen molar-refractivity contribution in [2.45, 2.75) is 32.7 Å². The van der Waals surface area contributed by atoms with Gasteiger partial charge in [-0.3, -0.25) is 4.68 Å². The van der Waals surface area contributed by atoms with Crippen molar-refractivity contribution in [3.63, 3.8) is 0 Å². The van der Waals surface area contributed by atoms with Gasteiger partial charge in [-0.1, -0.05) is 38.1 Å². The van der Waals surface area contributed by atoms with Gasteiger partial charge in [0, 0.05) is 19.5 Å². The lowest BCUT2D eigenvalue weighted by Gasteiger charge is -2.18. The van der Waals surface area contributed by atoms with E-state index in [1.165, 1.54) is 11.1 Å². The Hall–Kier alpha value is -1.68. The molecule has 0 aliphatic carbocycles. The van der Waals surface area contributed by atoms with E-state index in [0.29, 0.717) is 6.04 Å². The first-order valence-corrected chi connectivity index (χ1v) is 6.89. The molecule has 2 aromatic rings. The number of likely N-dealkylation sites (N-methyl/N-ethyl adjacent to an activating group) is 1. The third-order valence-electron chi connectivity index (χ3n) is 3.43. The fourth-order valence-electron chi connectivity index (χ4n) is 2.23. The fraction of sp³-hybridized carbons (Fsp3) is 0.467. The van der Waals surface area contributed by atoms with Crippen molar-refractivity contribution >= 4 is 0 Å². The maximum absolute atomic E-state index is 4.31. The van der Waals surface area contributed by atoms with Crippen LogP contribution in [0.1, 0.15) is 36.8 Å². The van der Waals surface area contributed by atoms with Gasteiger partial charge in [-0.05, 0) is 24.1 Å². The number of hydrogen-bond donors (Lipinski definition) is 1. The van der Waals surface area contributed by atoms with E-state index in [4.69, 9.17) is 0 Å². The summed E-state index contributed by atoms with van der Waals surface area (Å²) in [5.41, 5.74) is 2.68. The molecular formula is C15H22N4. The molecule has 1 aromatic carbocycles. The maximum Gasteiger partial charge on any atom is 0.138 e.